The Morgan fingerprint density at radius 1 is 1.12 bits per heavy atom. The van der Waals surface area contributed by atoms with E-state index in [1.165, 1.54) is 25.7 Å². The molecular formula is C28H35ClN8O3. The topological polar surface area (TPSA) is 118 Å². The molecule has 0 spiro atoms. The highest BCUT2D eigenvalue weighted by atomic mass is 35.5. The lowest BCUT2D eigenvalue weighted by atomic mass is 9.83. The van der Waals surface area contributed by atoms with E-state index in [1.54, 1.807) is 19.3 Å². The molecule has 2 amide bonds. The van der Waals surface area contributed by atoms with Crippen LogP contribution in [0.15, 0.2) is 24.5 Å². The SMILES string of the molecule is CC(=O)N1CCN(c2nc3cc(C4NOC(=O)N4)nc(-c4cncc(Cl)c4)c3n2CC2CCC(C)CC2)[C@H](C)C1. The van der Waals surface area contributed by atoms with Crippen LogP contribution in [-0.4, -0.2) is 62.1 Å². The second-order valence-corrected chi connectivity index (χ2v) is 11.8. The molecule has 2 aliphatic heterocycles. The fraction of sp³-hybridized carbons (Fsp3) is 0.536. The van der Waals surface area contributed by atoms with Gasteiger partial charge in [-0.1, -0.05) is 31.4 Å². The van der Waals surface area contributed by atoms with Gasteiger partial charge < -0.3 is 19.2 Å². The van der Waals surface area contributed by atoms with Gasteiger partial charge in [-0.15, -0.1) is 5.48 Å². The Hall–Kier alpha value is -3.44. The third kappa shape index (κ3) is 5.19. The summed E-state index contributed by atoms with van der Waals surface area (Å²) in [5.74, 6) is 2.24. The Bertz CT molecular complexity index is 1440. The van der Waals surface area contributed by atoms with E-state index < -0.39 is 12.3 Å². The first-order valence-corrected chi connectivity index (χ1v) is 14.4. The van der Waals surface area contributed by atoms with Gasteiger partial charge in [0.05, 0.1) is 27.4 Å². The van der Waals surface area contributed by atoms with Crippen LogP contribution in [0.2, 0.25) is 5.02 Å². The van der Waals surface area contributed by atoms with E-state index in [0.29, 0.717) is 42.0 Å². The minimum Gasteiger partial charge on any atom is -0.351 e. The molecule has 6 rings (SSSR count). The summed E-state index contributed by atoms with van der Waals surface area (Å²) in [5, 5.41) is 3.25. The molecule has 2 N–H and O–H groups in total. The number of hydrogen-bond acceptors (Lipinski definition) is 8. The molecule has 5 heterocycles. The van der Waals surface area contributed by atoms with Gasteiger partial charge >= 0.3 is 6.09 Å². The van der Waals surface area contributed by atoms with Gasteiger partial charge in [0.25, 0.3) is 0 Å². The minimum absolute atomic E-state index is 0.0903. The highest BCUT2D eigenvalue weighted by Crippen LogP contribution is 2.37. The number of fused-ring (bicyclic) bond motifs is 1. The van der Waals surface area contributed by atoms with Gasteiger partial charge in [0.2, 0.25) is 11.9 Å². The number of hydrogen-bond donors (Lipinski definition) is 2. The maximum absolute atomic E-state index is 12.1. The zero-order chi connectivity index (χ0) is 28.0. The number of rotatable bonds is 5. The number of imidazole rings is 1. The summed E-state index contributed by atoms with van der Waals surface area (Å²) < 4.78 is 2.32. The third-order valence-electron chi connectivity index (χ3n) is 8.44. The first-order chi connectivity index (χ1) is 19.3. The number of nitrogens with zero attached hydrogens (tertiary/aromatic N) is 6. The standard InChI is InChI=1S/C28H35ClN8O3/c1-16-4-6-19(7-5-16)15-37-25-22(32-27(37)36-9-8-35(18(3)38)14-17(36)2)11-23(26-33-28(39)40-34-26)31-24(25)20-10-21(29)13-30-12-20/h10-13,16-17,19,26,34H,4-9,14-15H2,1-3H3,(H,33,39)/t16?,17-,19?,26?/m1/s1. The summed E-state index contributed by atoms with van der Waals surface area (Å²) in [5.41, 5.74) is 6.42. The van der Waals surface area contributed by atoms with Crippen LogP contribution in [0.3, 0.4) is 0 Å². The Kier molecular flexibility index (Phi) is 7.26. The van der Waals surface area contributed by atoms with E-state index in [-0.39, 0.29) is 11.9 Å². The molecule has 3 aromatic rings. The second kappa shape index (κ2) is 10.9. The number of halogens is 1. The normalized spacial score (nSPS) is 25.2. The van der Waals surface area contributed by atoms with Gasteiger partial charge in [0, 0.05) is 57.1 Å². The van der Waals surface area contributed by atoms with E-state index in [2.05, 4.69) is 39.1 Å². The highest BCUT2D eigenvalue weighted by molar-refractivity contribution is 6.30. The number of anilines is 1. The summed E-state index contributed by atoms with van der Waals surface area (Å²) in [6.45, 7) is 8.90. The van der Waals surface area contributed by atoms with Crippen LogP contribution >= 0.6 is 11.6 Å². The van der Waals surface area contributed by atoms with Crippen molar-refractivity contribution >= 4 is 40.6 Å². The lowest BCUT2D eigenvalue weighted by molar-refractivity contribution is -0.129. The van der Waals surface area contributed by atoms with Crippen molar-refractivity contribution in [3.05, 3.63) is 35.2 Å². The van der Waals surface area contributed by atoms with Crippen LogP contribution in [0.4, 0.5) is 10.7 Å². The van der Waals surface area contributed by atoms with Crippen LogP contribution in [0, 0.1) is 11.8 Å². The summed E-state index contributed by atoms with van der Waals surface area (Å²) in [4.78, 5) is 47.6. The molecule has 3 aliphatic rings. The zero-order valence-electron chi connectivity index (χ0n) is 23.1. The van der Waals surface area contributed by atoms with Gasteiger partial charge in [-0.25, -0.2) is 14.8 Å². The first-order valence-electron chi connectivity index (χ1n) is 14.0. The number of piperazine rings is 1. The summed E-state index contributed by atoms with van der Waals surface area (Å²) in [7, 11) is 0. The fourth-order valence-corrected chi connectivity index (χ4v) is 6.35. The first kappa shape index (κ1) is 26.8. The van der Waals surface area contributed by atoms with Crippen LogP contribution in [0.25, 0.3) is 22.3 Å². The Morgan fingerprint density at radius 3 is 2.60 bits per heavy atom. The van der Waals surface area contributed by atoms with Crippen LogP contribution < -0.4 is 15.7 Å². The van der Waals surface area contributed by atoms with Crippen LogP contribution in [0.5, 0.6) is 0 Å². The largest absolute Gasteiger partial charge is 0.427 e. The van der Waals surface area contributed by atoms with Gasteiger partial charge in [0.1, 0.15) is 0 Å². The van der Waals surface area contributed by atoms with Gasteiger partial charge in [-0.2, -0.15) is 0 Å². The van der Waals surface area contributed by atoms with Crippen molar-refractivity contribution in [2.45, 2.75) is 65.2 Å². The van der Waals surface area contributed by atoms with Crippen LogP contribution in [0.1, 0.15) is 58.3 Å². The highest BCUT2D eigenvalue weighted by Gasteiger charge is 2.33. The van der Waals surface area contributed by atoms with Crippen molar-refractivity contribution in [1.29, 1.82) is 0 Å². The molecule has 2 atom stereocenters. The molecule has 3 aromatic heterocycles. The lowest BCUT2D eigenvalue weighted by Gasteiger charge is -2.40. The summed E-state index contributed by atoms with van der Waals surface area (Å²) >= 11 is 6.38. The smallest absolute Gasteiger partial charge is 0.351 e. The van der Waals surface area contributed by atoms with Crippen molar-refractivity contribution in [2.24, 2.45) is 11.8 Å². The van der Waals surface area contributed by atoms with E-state index in [9.17, 15) is 9.59 Å². The number of hydroxylamine groups is 1. The number of aromatic nitrogens is 4. The summed E-state index contributed by atoms with van der Waals surface area (Å²) in [6.07, 6.45) is 6.96. The van der Waals surface area contributed by atoms with E-state index >= 15 is 0 Å². The van der Waals surface area contributed by atoms with Crippen LogP contribution in [-0.2, 0) is 16.2 Å². The predicted octanol–water partition coefficient (Wildman–Crippen LogP) is 4.27. The molecule has 11 nitrogen and oxygen atoms in total. The molecule has 0 bridgehead atoms. The van der Waals surface area contributed by atoms with Gasteiger partial charge in [-0.3, -0.25) is 15.1 Å². The number of carbonyl (C=O) groups excluding carboxylic acids is 2. The molecule has 1 aliphatic carbocycles. The van der Waals surface area contributed by atoms with E-state index in [4.69, 9.17) is 26.4 Å². The zero-order valence-corrected chi connectivity index (χ0v) is 23.8. The molecule has 1 unspecified atom stereocenters. The molecule has 0 aromatic carbocycles. The molecular weight excluding hydrogens is 532 g/mol. The maximum Gasteiger partial charge on any atom is 0.427 e. The van der Waals surface area contributed by atoms with Crippen molar-refractivity contribution < 1.29 is 14.4 Å². The average Bonchev–Trinajstić information content (AvgIpc) is 3.53. The van der Waals surface area contributed by atoms with Gasteiger partial charge in [0.15, 0.2) is 6.17 Å². The molecule has 12 heteroatoms. The molecule has 212 valence electrons. The third-order valence-corrected chi connectivity index (χ3v) is 8.64. The monoisotopic (exact) mass is 566 g/mol. The molecule has 2 saturated heterocycles. The Balaban J connectivity index is 1.51. The predicted molar refractivity (Wildman–Crippen MR) is 151 cm³/mol. The minimum atomic E-state index is -0.616. The Labute approximate surface area is 238 Å². The van der Waals surface area contributed by atoms with E-state index in [1.807, 2.05) is 17.0 Å². The Morgan fingerprint density at radius 2 is 1.93 bits per heavy atom. The van der Waals surface area contributed by atoms with Gasteiger partial charge in [-0.05, 0) is 43.7 Å². The van der Waals surface area contributed by atoms with Crippen molar-refractivity contribution in [1.82, 2.24) is 35.2 Å². The second-order valence-electron chi connectivity index (χ2n) is 11.4. The quantitative estimate of drug-likeness (QED) is 0.470. The average molecular weight is 567 g/mol. The maximum atomic E-state index is 12.1. The number of carbonyl (C=O) groups is 2. The number of amides is 2. The van der Waals surface area contributed by atoms with E-state index in [0.717, 1.165) is 35.0 Å². The van der Waals surface area contributed by atoms with Crippen molar-refractivity contribution in [3.8, 4) is 11.3 Å². The molecule has 40 heavy (non-hydrogen) atoms. The molecule has 0 radical (unpaired) electrons. The summed E-state index contributed by atoms with van der Waals surface area (Å²) in [6, 6.07) is 3.85. The molecule has 3 fully saturated rings. The lowest BCUT2D eigenvalue weighted by Crippen LogP contribution is -2.54. The van der Waals surface area contributed by atoms with Crippen molar-refractivity contribution in [3.63, 3.8) is 0 Å². The number of pyridine rings is 2. The van der Waals surface area contributed by atoms with Crippen molar-refractivity contribution in [2.75, 3.05) is 24.5 Å². The molecule has 1 saturated carbocycles. The fourth-order valence-electron chi connectivity index (χ4n) is 6.18. The number of nitrogens with one attached hydrogen (secondary N) is 2.